The van der Waals surface area contributed by atoms with Crippen molar-refractivity contribution in [3.8, 4) is 0 Å². The summed E-state index contributed by atoms with van der Waals surface area (Å²) in [4.78, 5) is 0. The molecule has 86 valence electrons. The third-order valence-corrected chi connectivity index (χ3v) is 2.34. The maximum Gasteiger partial charge on any atom is 0.215 e. The molecule has 0 aliphatic heterocycles. The smallest absolute Gasteiger partial charge is 0.215 e. The number of nitrogens with zero attached hydrogens (tertiary/aromatic N) is 2. The molecule has 0 atom stereocenters. The number of rotatable bonds is 5. The van der Waals surface area contributed by atoms with E-state index in [0.29, 0.717) is 25.2 Å². The Morgan fingerprint density at radius 2 is 2.38 bits per heavy atom. The predicted octanol–water partition coefficient (Wildman–Crippen LogP) is 1.92. The quantitative estimate of drug-likeness (QED) is 0.842. The number of hydrogen-bond acceptors (Lipinski definition) is 3. The Kier molecular flexibility index (Phi) is 3.36. The van der Waals surface area contributed by atoms with Crippen molar-refractivity contribution in [3.63, 3.8) is 0 Å². The number of hydrogen-bond donors (Lipinski definition) is 1. The van der Waals surface area contributed by atoms with Gasteiger partial charge in [-0.3, -0.25) is 0 Å². The van der Waals surface area contributed by atoms with Gasteiger partial charge in [-0.25, -0.2) is 4.68 Å². The lowest BCUT2D eigenvalue weighted by Gasteiger charge is -2.01. The molecule has 2 rings (SSSR count). The molecule has 0 radical (unpaired) electrons. The summed E-state index contributed by atoms with van der Waals surface area (Å²) in [5.74, 6) is 0.567. The van der Waals surface area contributed by atoms with Gasteiger partial charge in [0.05, 0.1) is 19.0 Å². The summed E-state index contributed by atoms with van der Waals surface area (Å²) in [5, 5.41) is 7.02. The van der Waals surface area contributed by atoms with Crippen molar-refractivity contribution in [1.29, 1.82) is 0 Å². The van der Waals surface area contributed by atoms with Crippen LogP contribution in [0.4, 0.5) is 4.39 Å². The van der Waals surface area contributed by atoms with Gasteiger partial charge in [0.1, 0.15) is 5.76 Å². The Hall–Kier alpha value is -1.62. The fourth-order valence-corrected chi connectivity index (χ4v) is 1.48. The minimum Gasteiger partial charge on any atom is -0.468 e. The molecule has 16 heavy (non-hydrogen) atoms. The molecule has 0 aliphatic rings. The predicted molar refractivity (Wildman–Crippen MR) is 57.1 cm³/mol. The van der Waals surface area contributed by atoms with Crippen molar-refractivity contribution in [2.45, 2.75) is 26.6 Å². The second kappa shape index (κ2) is 4.94. The number of nitrogens with one attached hydrogen (secondary N) is 1. The van der Waals surface area contributed by atoms with E-state index in [1.54, 1.807) is 12.5 Å². The molecule has 0 aliphatic carbocycles. The molecule has 4 nitrogen and oxygen atoms in total. The molecular formula is C11H14FN3O. The third kappa shape index (κ3) is 2.30. The molecule has 0 saturated carbocycles. The number of aromatic nitrogens is 2. The molecule has 0 aromatic carbocycles. The normalized spacial score (nSPS) is 10.9. The highest BCUT2D eigenvalue weighted by Gasteiger charge is 2.08. The summed E-state index contributed by atoms with van der Waals surface area (Å²) in [6, 6.07) is 3.70. The zero-order chi connectivity index (χ0) is 11.4. The number of aryl methyl sites for hydroxylation is 1. The highest BCUT2D eigenvalue weighted by atomic mass is 19.1. The minimum absolute atomic E-state index is 0.269. The average Bonchev–Trinajstić information content (AvgIpc) is 2.90. The first-order valence-corrected chi connectivity index (χ1v) is 5.24. The second-order valence-corrected chi connectivity index (χ2v) is 3.46. The standard InChI is InChI=1S/C11H14FN3O/c1-2-15-11(12)9(7-14-15)6-13-8-10-4-3-5-16-10/h3-5,7,13H,2,6,8H2,1H3. The molecule has 0 saturated heterocycles. The van der Waals surface area contributed by atoms with Gasteiger partial charge in [-0.1, -0.05) is 0 Å². The van der Waals surface area contributed by atoms with Crippen LogP contribution in [0.25, 0.3) is 0 Å². The highest BCUT2D eigenvalue weighted by Crippen LogP contribution is 2.06. The van der Waals surface area contributed by atoms with Gasteiger partial charge in [-0.05, 0) is 19.1 Å². The van der Waals surface area contributed by atoms with Crippen molar-refractivity contribution in [2.75, 3.05) is 0 Å². The first-order valence-electron chi connectivity index (χ1n) is 5.24. The van der Waals surface area contributed by atoms with Crippen LogP contribution in [0.1, 0.15) is 18.2 Å². The van der Waals surface area contributed by atoms with E-state index in [2.05, 4.69) is 10.4 Å². The van der Waals surface area contributed by atoms with Crippen LogP contribution in [0, 0.1) is 5.95 Å². The number of furan rings is 1. The van der Waals surface area contributed by atoms with Crippen molar-refractivity contribution < 1.29 is 8.81 Å². The summed E-state index contributed by atoms with van der Waals surface area (Å²) < 4.78 is 20.0. The first-order chi connectivity index (χ1) is 7.81. The molecule has 0 unspecified atom stereocenters. The average molecular weight is 223 g/mol. The van der Waals surface area contributed by atoms with Crippen LogP contribution in [-0.4, -0.2) is 9.78 Å². The fraction of sp³-hybridized carbons (Fsp3) is 0.364. The van der Waals surface area contributed by atoms with Crippen molar-refractivity contribution in [3.05, 3.63) is 41.9 Å². The van der Waals surface area contributed by atoms with Crippen LogP contribution >= 0.6 is 0 Å². The molecule has 0 bridgehead atoms. The van der Waals surface area contributed by atoms with Gasteiger partial charge in [-0.15, -0.1) is 0 Å². The van der Waals surface area contributed by atoms with E-state index >= 15 is 0 Å². The molecule has 2 aromatic heterocycles. The highest BCUT2D eigenvalue weighted by molar-refractivity contribution is 5.06. The first kappa shape index (κ1) is 10.9. The van der Waals surface area contributed by atoms with Gasteiger partial charge in [0.15, 0.2) is 0 Å². The Balaban J connectivity index is 1.87. The van der Waals surface area contributed by atoms with Gasteiger partial charge in [0.25, 0.3) is 0 Å². The van der Waals surface area contributed by atoms with Gasteiger partial charge in [0, 0.05) is 18.7 Å². The zero-order valence-electron chi connectivity index (χ0n) is 9.11. The lowest BCUT2D eigenvalue weighted by atomic mass is 10.3. The summed E-state index contributed by atoms with van der Waals surface area (Å²) in [6.45, 7) is 3.44. The van der Waals surface area contributed by atoms with Gasteiger partial charge >= 0.3 is 0 Å². The Morgan fingerprint density at radius 1 is 1.50 bits per heavy atom. The molecule has 0 fully saturated rings. The third-order valence-electron chi connectivity index (χ3n) is 2.34. The molecule has 5 heteroatoms. The maximum absolute atomic E-state index is 13.5. The van der Waals surface area contributed by atoms with E-state index in [0.717, 1.165) is 5.76 Å². The summed E-state index contributed by atoms with van der Waals surface area (Å²) in [7, 11) is 0. The topological polar surface area (TPSA) is 43.0 Å². The zero-order valence-corrected chi connectivity index (χ0v) is 9.11. The molecular weight excluding hydrogens is 209 g/mol. The SMILES string of the molecule is CCn1ncc(CNCc2ccco2)c1F. The Bertz CT molecular complexity index is 436. The van der Waals surface area contributed by atoms with Crippen LogP contribution in [0.5, 0.6) is 0 Å². The van der Waals surface area contributed by atoms with E-state index in [1.165, 1.54) is 4.68 Å². The lowest BCUT2D eigenvalue weighted by molar-refractivity contribution is 0.453. The van der Waals surface area contributed by atoms with Crippen LogP contribution < -0.4 is 5.32 Å². The van der Waals surface area contributed by atoms with E-state index in [-0.39, 0.29) is 5.95 Å². The van der Waals surface area contributed by atoms with Crippen LogP contribution in [0.3, 0.4) is 0 Å². The Morgan fingerprint density at radius 3 is 3.00 bits per heavy atom. The summed E-state index contributed by atoms with van der Waals surface area (Å²) in [6.07, 6.45) is 3.17. The van der Waals surface area contributed by atoms with Gasteiger partial charge in [-0.2, -0.15) is 9.49 Å². The summed E-state index contributed by atoms with van der Waals surface area (Å²) >= 11 is 0. The van der Waals surface area contributed by atoms with E-state index in [1.807, 2.05) is 19.1 Å². The Labute approximate surface area is 93.1 Å². The van der Waals surface area contributed by atoms with Crippen molar-refractivity contribution >= 4 is 0 Å². The van der Waals surface area contributed by atoms with Gasteiger partial charge in [0.2, 0.25) is 5.95 Å². The summed E-state index contributed by atoms with van der Waals surface area (Å²) in [5.41, 5.74) is 0.577. The fourth-order valence-electron chi connectivity index (χ4n) is 1.48. The van der Waals surface area contributed by atoms with E-state index < -0.39 is 0 Å². The van der Waals surface area contributed by atoms with Crippen molar-refractivity contribution in [2.24, 2.45) is 0 Å². The molecule has 0 spiro atoms. The van der Waals surface area contributed by atoms with Gasteiger partial charge < -0.3 is 9.73 Å². The number of halogens is 1. The monoisotopic (exact) mass is 223 g/mol. The van der Waals surface area contributed by atoms with Crippen molar-refractivity contribution in [1.82, 2.24) is 15.1 Å². The lowest BCUT2D eigenvalue weighted by Crippen LogP contribution is -2.13. The largest absolute Gasteiger partial charge is 0.468 e. The van der Waals surface area contributed by atoms with Crippen LogP contribution in [0.15, 0.2) is 29.0 Å². The molecule has 0 amide bonds. The van der Waals surface area contributed by atoms with Crippen LogP contribution in [-0.2, 0) is 19.6 Å². The molecule has 2 aromatic rings. The van der Waals surface area contributed by atoms with E-state index in [4.69, 9.17) is 4.42 Å². The van der Waals surface area contributed by atoms with Crippen LogP contribution in [0.2, 0.25) is 0 Å². The molecule has 1 N–H and O–H groups in total. The van der Waals surface area contributed by atoms with E-state index in [9.17, 15) is 4.39 Å². The maximum atomic E-state index is 13.5. The minimum atomic E-state index is -0.269. The second-order valence-electron chi connectivity index (χ2n) is 3.46. The molecule has 2 heterocycles.